The van der Waals surface area contributed by atoms with Crippen LogP contribution in [0.4, 0.5) is 5.69 Å². The molecule has 5 heteroatoms. The SMILES string of the molecule is COCC(N)C(=O)N(C)c1cc(C)cc(C)c1.Cl. The van der Waals surface area contributed by atoms with E-state index in [1.807, 2.05) is 26.0 Å². The Labute approximate surface area is 115 Å². The second kappa shape index (κ2) is 7.36. The van der Waals surface area contributed by atoms with E-state index in [4.69, 9.17) is 10.5 Å². The first kappa shape index (κ1) is 16.9. The molecule has 0 bridgehead atoms. The summed E-state index contributed by atoms with van der Waals surface area (Å²) in [7, 11) is 3.26. The van der Waals surface area contributed by atoms with Crippen molar-refractivity contribution in [2.45, 2.75) is 19.9 Å². The van der Waals surface area contributed by atoms with Crippen LogP contribution in [0.5, 0.6) is 0 Å². The maximum absolute atomic E-state index is 12.0. The standard InChI is InChI=1S/C13H20N2O2.ClH/c1-9-5-10(2)7-11(6-9)15(3)13(16)12(14)8-17-4;/h5-7,12H,8,14H2,1-4H3;1H. The smallest absolute Gasteiger partial charge is 0.246 e. The topological polar surface area (TPSA) is 55.6 Å². The van der Waals surface area contributed by atoms with Crippen molar-refractivity contribution in [3.63, 3.8) is 0 Å². The summed E-state index contributed by atoms with van der Waals surface area (Å²) in [5.41, 5.74) is 8.84. The van der Waals surface area contributed by atoms with Crippen molar-refractivity contribution in [2.75, 3.05) is 25.7 Å². The fraction of sp³-hybridized carbons (Fsp3) is 0.462. The maximum atomic E-state index is 12.0. The van der Waals surface area contributed by atoms with E-state index in [9.17, 15) is 4.79 Å². The largest absolute Gasteiger partial charge is 0.383 e. The number of nitrogens with two attached hydrogens (primary N) is 1. The average Bonchev–Trinajstić information content (AvgIpc) is 2.26. The van der Waals surface area contributed by atoms with Gasteiger partial charge in [-0.2, -0.15) is 0 Å². The Morgan fingerprint density at radius 3 is 2.28 bits per heavy atom. The van der Waals surface area contributed by atoms with E-state index in [0.717, 1.165) is 16.8 Å². The molecule has 0 aromatic heterocycles. The second-order valence-electron chi connectivity index (χ2n) is 4.31. The maximum Gasteiger partial charge on any atom is 0.246 e. The van der Waals surface area contributed by atoms with Gasteiger partial charge in [-0.25, -0.2) is 0 Å². The molecule has 1 rings (SSSR count). The van der Waals surface area contributed by atoms with E-state index in [1.165, 1.54) is 7.11 Å². The number of carbonyl (C=O) groups is 1. The zero-order valence-electron chi connectivity index (χ0n) is 11.3. The predicted octanol–water partition coefficient (Wildman–Crippen LogP) is 1.66. The number of methoxy groups -OCH3 is 1. The minimum atomic E-state index is -0.620. The van der Waals surface area contributed by atoms with Gasteiger partial charge in [-0.1, -0.05) is 6.07 Å². The third kappa shape index (κ3) is 4.29. The van der Waals surface area contributed by atoms with Gasteiger partial charge in [0.25, 0.3) is 0 Å². The van der Waals surface area contributed by atoms with Crippen LogP contribution in [0.1, 0.15) is 11.1 Å². The highest BCUT2D eigenvalue weighted by Gasteiger charge is 2.19. The quantitative estimate of drug-likeness (QED) is 0.907. The van der Waals surface area contributed by atoms with Crippen molar-refractivity contribution < 1.29 is 9.53 Å². The van der Waals surface area contributed by atoms with Gasteiger partial charge in [0, 0.05) is 19.8 Å². The summed E-state index contributed by atoms with van der Waals surface area (Å²) in [5.74, 6) is -0.142. The van der Waals surface area contributed by atoms with Crippen LogP contribution in [0.3, 0.4) is 0 Å². The van der Waals surface area contributed by atoms with Gasteiger partial charge in [-0.05, 0) is 37.1 Å². The van der Waals surface area contributed by atoms with Gasteiger partial charge in [0.1, 0.15) is 6.04 Å². The molecule has 0 radical (unpaired) electrons. The molecule has 0 aliphatic rings. The lowest BCUT2D eigenvalue weighted by atomic mass is 10.1. The molecule has 4 nitrogen and oxygen atoms in total. The molecule has 0 saturated carbocycles. The molecule has 1 amide bonds. The van der Waals surface area contributed by atoms with E-state index < -0.39 is 6.04 Å². The number of aryl methyl sites for hydroxylation is 2. The fourth-order valence-corrected chi connectivity index (χ4v) is 1.77. The number of nitrogens with zero attached hydrogens (tertiary/aromatic N) is 1. The fourth-order valence-electron chi connectivity index (χ4n) is 1.77. The first-order chi connectivity index (χ1) is 7.95. The zero-order chi connectivity index (χ0) is 13.0. The van der Waals surface area contributed by atoms with E-state index >= 15 is 0 Å². The molecule has 1 aromatic carbocycles. The molecule has 1 atom stereocenters. The molecule has 18 heavy (non-hydrogen) atoms. The van der Waals surface area contributed by atoms with E-state index in [1.54, 1.807) is 11.9 Å². The number of hydrogen-bond donors (Lipinski definition) is 1. The van der Waals surface area contributed by atoms with Crippen molar-refractivity contribution in [1.82, 2.24) is 0 Å². The highest BCUT2D eigenvalue weighted by Crippen LogP contribution is 2.18. The average molecular weight is 273 g/mol. The zero-order valence-corrected chi connectivity index (χ0v) is 12.1. The normalized spacial score (nSPS) is 11.6. The van der Waals surface area contributed by atoms with Crippen molar-refractivity contribution in [2.24, 2.45) is 5.73 Å². The lowest BCUT2D eigenvalue weighted by molar-refractivity contribution is -0.120. The summed E-state index contributed by atoms with van der Waals surface area (Å²) in [4.78, 5) is 13.6. The number of benzene rings is 1. The number of halogens is 1. The summed E-state index contributed by atoms with van der Waals surface area (Å²) >= 11 is 0. The summed E-state index contributed by atoms with van der Waals surface area (Å²) in [6.45, 7) is 4.24. The Bertz CT molecular complexity index is 390. The highest BCUT2D eigenvalue weighted by atomic mass is 35.5. The number of amides is 1. The molecule has 2 N–H and O–H groups in total. The van der Waals surface area contributed by atoms with Crippen LogP contribution in [0, 0.1) is 13.8 Å². The van der Waals surface area contributed by atoms with Gasteiger partial charge in [-0.15, -0.1) is 12.4 Å². The van der Waals surface area contributed by atoms with Crippen molar-refractivity contribution in [3.05, 3.63) is 29.3 Å². The Kier molecular flexibility index (Phi) is 6.91. The molecule has 0 aliphatic heterocycles. The molecule has 102 valence electrons. The van der Waals surface area contributed by atoms with Gasteiger partial charge in [0.15, 0.2) is 0 Å². The Hall–Kier alpha value is -1.10. The molecule has 0 heterocycles. The minimum absolute atomic E-state index is 0. The summed E-state index contributed by atoms with van der Waals surface area (Å²) in [6.07, 6.45) is 0. The van der Waals surface area contributed by atoms with Crippen molar-refractivity contribution >= 4 is 24.0 Å². The summed E-state index contributed by atoms with van der Waals surface area (Å²) in [6, 6.07) is 5.37. The second-order valence-corrected chi connectivity index (χ2v) is 4.31. The van der Waals surface area contributed by atoms with E-state index in [2.05, 4.69) is 6.07 Å². The van der Waals surface area contributed by atoms with E-state index in [0.29, 0.717) is 0 Å². The Morgan fingerprint density at radius 2 is 1.83 bits per heavy atom. The monoisotopic (exact) mass is 272 g/mol. The molecule has 1 unspecified atom stereocenters. The Morgan fingerprint density at radius 1 is 1.33 bits per heavy atom. The molecule has 1 aromatic rings. The number of hydrogen-bond acceptors (Lipinski definition) is 3. The summed E-state index contributed by atoms with van der Waals surface area (Å²) < 4.78 is 4.89. The number of anilines is 1. The summed E-state index contributed by atoms with van der Waals surface area (Å²) in [5, 5.41) is 0. The molecule has 0 spiro atoms. The molecule has 0 saturated heterocycles. The predicted molar refractivity (Wildman–Crippen MR) is 76.4 cm³/mol. The van der Waals surface area contributed by atoms with Crippen LogP contribution >= 0.6 is 12.4 Å². The van der Waals surface area contributed by atoms with Crippen LogP contribution in [0.2, 0.25) is 0 Å². The van der Waals surface area contributed by atoms with Gasteiger partial charge in [-0.3, -0.25) is 4.79 Å². The molecule has 0 aliphatic carbocycles. The number of carbonyl (C=O) groups excluding carboxylic acids is 1. The van der Waals surface area contributed by atoms with Crippen LogP contribution in [-0.2, 0) is 9.53 Å². The van der Waals surface area contributed by atoms with Crippen molar-refractivity contribution in [1.29, 1.82) is 0 Å². The van der Waals surface area contributed by atoms with Crippen LogP contribution < -0.4 is 10.6 Å². The van der Waals surface area contributed by atoms with Gasteiger partial charge in [0.05, 0.1) is 6.61 Å². The number of likely N-dealkylation sites (N-methyl/N-ethyl adjacent to an activating group) is 1. The number of ether oxygens (including phenoxy) is 1. The number of rotatable bonds is 4. The molecule has 0 fully saturated rings. The van der Waals surface area contributed by atoms with Gasteiger partial charge < -0.3 is 15.4 Å². The van der Waals surface area contributed by atoms with Crippen LogP contribution in [0.25, 0.3) is 0 Å². The van der Waals surface area contributed by atoms with Gasteiger partial charge in [0.2, 0.25) is 5.91 Å². The first-order valence-corrected chi connectivity index (χ1v) is 5.56. The molecular weight excluding hydrogens is 252 g/mol. The highest BCUT2D eigenvalue weighted by molar-refractivity contribution is 5.96. The van der Waals surface area contributed by atoms with Gasteiger partial charge >= 0.3 is 0 Å². The van der Waals surface area contributed by atoms with Crippen LogP contribution in [0.15, 0.2) is 18.2 Å². The van der Waals surface area contributed by atoms with Crippen molar-refractivity contribution in [3.8, 4) is 0 Å². The lowest BCUT2D eigenvalue weighted by Crippen LogP contribution is -2.44. The molecular formula is C13H21ClN2O2. The first-order valence-electron chi connectivity index (χ1n) is 5.56. The third-order valence-corrected chi connectivity index (χ3v) is 2.59. The van der Waals surface area contributed by atoms with E-state index in [-0.39, 0.29) is 24.9 Å². The lowest BCUT2D eigenvalue weighted by Gasteiger charge is -2.21. The van der Waals surface area contributed by atoms with Crippen LogP contribution in [-0.4, -0.2) is 32.7 Å². The minimum Gasteiger partial charge on any atom is -0.383 e. The Balaban J connectivity index is 0.00000289. The third-order valence-electron chi connectivity index (χ3n) is 2.59.